The second-order valence-corrected chi connectivity index (χ2v) is 6.27. The van der Waals surface area contributed by atoms with Crippen LogP contribution >= 0.6 is 11.6 Å². The van der Waals surface area contributed by atoms with Gasteiger partial charge >= 0.3 is 0 Å². The minimum absolute atomic E-state index is 0.0471. The molecule has 0 aliphatic heterocycles. The zero-order valence-electron chi connectivity index (χ0n) is 13.2. The number of rotatable bonds is 4. The summed E-state index contributed by atoms with van der Waals surface area (Å²) in [4.78, 5) is 15.2. The van der Waals surface area contributed by atoms with Gasteiger partial charge in [0.05, 0.1) is 0 Å². The predicted octanol–water partition coefficient (Wildman–Crippen LogP) is 4.09. The van der Waals surface area contributed by atoms with E-state index in [1.807, 2.05) is 43.3 Å². The molecule has 1 heterocycles. The largest absolute Gasteiger partial charge is 0.322 e. The molecule has 0 fully saturated rings. The summed E-state index contributed by atoms with van der Waals surface area (Å²) in [5.74, 6) is 0. The molecule has 4 heteroatoms. The summed E-state index contributed by atoms with van der Waals surface area (Å²) < 4.78 is 0. The van der Waals surface area contributed by atoms with E-state index in [4.69, 9.17) is 11.6 Å². The van der Waals surface area contributed by atoms with Gasteiger partial charge in [-0.25, -0.2) is 0 Å². The van der Waals surface area contributed by atoms with Gasteiger partial charge in [0.1, 0.15) is 0 Å². The van der Waals surface area contributed by atoms with Crippen LogP contribution in [0.5, 0.6) is 0 Å². The first-order valence-electron chi connectivity index (χ1n) is 7.62. The maximum Gasteiger partial charge on any atom is 0.252 e. The molecule has 0 saturated carbocycles. The van der Waals surface area contributed by atoms with E-state index < -0.39 is 0 Å². The number of pyridine rings is 1. The Morgan fingerprint density at radius 2 is 1.78 bits per heavy atom. The second-order valence-electron chi connectivity index (χ2n) is 5.86. The lowest BCUT2D eigenvalue weighted by molar-refractivity contribution is 0.689. The van der Waals surface area contributed by atoms with Crippen molar-refractivity contribution < 1.29 is 0 Å². The van der Waals surface area contributed by atoms with Gasteiger partial charge in [0, 0.05) is 34.6 Å². The highest BCUT2D eigenvalue weighted by Gasteiger charge is 2.06. The summed E-state index contributed by atoms with van der Waals surface area (Å²) in [6.07, 6.45) is 0. The van der Waals surface area contributed by atoms with Crippen LogP contribution in [0.1, 0.15) is 22.3 Å². The van der Waals surface area contributed by atoms with E-state index in [1.165, 1.54) is 5.56 Å². The summed E-state index contributed by atoms with van der Waals surface area (Å²) in [7, 11) is 0. The summed E-state index contributed by atoms with van der Waals surface area (Å²) >= 11 is 6.14. The highest BCUT2D eigenvalue weighted by Crippen LogP contribution is 2.18. The number of aromatic amines is 1. The lowest BCUT2D eigenvalue weighted by Crippen LogP contribution is -2.21. The molecule has 2 aromatic carbocycles. The summed E-state index contributed by atoms with van der Waals surface area (Å²) in [6.45, 7) is 5.23. The number of fused-ring (bicyclic) bond motifs is 1. The highest BCUT2D eigenvalue weighted by atomic mass is 35.5. The fraction of sp³-hybridized carbons (Fsp3) is 0.211. The average Bonchev–Trinajstić information content (AvgIpc) is 2.50. The van der Waals surface area contributed by atoms with Crippen molar-refractivity contribution in [3.8, 4) is 0 Å². The van der Waals surface area contributed by atoms with Crippen molar-refractivity contribution in [1.82, 2.24) is 10.3 Å². The Balaban J connectivity index is 1.82. The molecule has 0 unspecified atom stereocenters. The van der Waals surface area contributed by atoms with Gasteiger partial charge in [-0.3, -0.25) is 4.79 Å². The Morgan fingerprint density at radius 1 is 1.04 bits per heavy atom. The van der Waals surface area contributed by atoms with Crippen molar-refractivity contribution in [1.29, 1.82) is 0 Å². The van der Waals surface area contributed by atoms with Crippen molar-refractivity contribution in [3.05, 3.63) is 80.1 Å². The lowest BCUT2D eigenvalue weighted by atomic mass is 10.0. The van der Waals surface area contributed by atoms with Crippen LogP contribution in [0.15, 0.2) is 47.3 Å². The Labute approximate surface area is 140 Å². The minimum atomic E-state index is -0.0471. The summed E-state index contributed by atoms with van der Waals surface area (Å²) in [5.41, 5.74) is 4.92. The van der Waals surface area contributed by atoms with E-state index in [-0.39, 0.29) is 5.56 Å². The fourth-order valence-corrected chi connectivity index (χ4v) is 3.02. The molecule has 0 aliphatic carbocycles. The first-order chi connectivity index (χ1) is 11.0. The molecule has 0 amide bonds. The smallest absolute Gasteiger partial charge is 0.252 e. The topological polar surface area (TPSA) is 44.9 Å². The van der Waals surface area contributed by atoms with Gasteiger partial charge in [-0.2, -0.15) is 0 Å². The van der Waals surface area contributed by atoms with Gasteiger partial charge in [0.15, 0.2) is 0 Å². The SMILES string of the molecule is Cc1cc(C)c2cc(CNCc3ccccc3Cl)c(=O)[nH]c2c1. The van der Waals surface area contributed by atoms with Crippen LogP contribution in [0.25, 0.3) is 10.9 Å². The molecule has 0 saturated heterocycles. The molecule has 0 atom stereocenters. The van der Waals surface area contributed by atoms with E-state index >= 15 is 0 Å². The molecule has 0 radical (unpaired) electrons. The monoisotopic (exact) mass is 326 g/mol. The van der Waals surface area contributed by atoms with Crippen LogP contribution in [0.3, 0.4) is 0 Å². The van der Waals surface area contributed by atoms with Crippen LogP contribution in [0.4, 0.5) is 0 Å². The van der Waals surface area contributed by atoms with E-state index in [9.17, 15) is 4.79 Å². The number of benzene rings is 2. The molecule has 3 nitrogen and oxygen atoms in total. The van der Waals surface area contributed by atoms with Crippen molar-refractivity contribution >= 4 is 22.5 Å². The number of nitrogens with one attached hydrogen (secondary N) is 2. The van der Waals surface area contributed by atoms with E-state index in [0.717, 1.165) is 32.6 Å². The van der Waals surface area contributed by atoms with Gasteiger partial charge in [-0.15, -0.1) is 0 Å². The van der Waals surface area contributed by atoms with E-state index in [1.54, 1.807) is 0 Å². The van der Waals surface area contributed by atoms with Gasteiger partial charge in [0.2, 0.25) is 0 Å². The van der Waals surface area contributed by atoms with Crippen LogP contribution in [0, 0.1) is 13.8 Å². The zero-order valence-corrected chi connectivity index (χ0v) is 14.0. The molecule has 0 aliphatic rings. The zero-order chi connectivity index (χ0) is 16.4. The van der Waals surface area contributed by atoms with Crippen LogP contribution in [0.2, 0.25) is 5.02 Å². The quantitative estimate of drug-likeness (QED) is 0.758. The molecule has 23 heavy (non-hydrogen) atoms. The molecule has 0 bridgehead atoms. The third-order valence-electron chi connectivity index (χ3n) is 3.98. The summed E-state index contributed by atoms with van der Waals surface area (Å²) in [5, 5.41) is 5.11. The highest BCUT2D eigenvalue weighted by molar-refractivity contribution is 6.31. The number of hydrogen-bond acceptors (Lipinski definition) is 2. The average molecular weight is 327 g/mol. The van der Waals surface area contributed by atoms with Crippen LogP contribution in [-0.2, 0) is 13.1 Å². The van der Waals surface area contributed by atoms with Crippen LogP contribution in [-0.4, -0.2) is 4.98 Å². The number of aryl methyl sites for hydroxylation is 2. The first-order valence-corrected chi connectivity index (χ1v) is 7.99. The Bertz CT molecular complexity index is 915. The van der Waals surface area contributed by atoms with Crippen molar-refractivity contribution in [3.63, 3.8) is 0 Å². The normalized spacial score (nSPS) is 11.1. The number of halogens is 1. The molecule has 118 valence electrons. The Morgan fingerprint density at radius 3 is 2.57 bits per heavy atom. The van der Waals surface area contributed by atoms with Gasteiger partial charge in [-0.1, -0.05) is 35.9 Å². The second kappa shape index (κ2) is 6.57. The third kappa shape index (κ3) is 3.46. The molecule has 0 spiro atoms. The standard InChI is InChI=1S/C19H19ClN2O/c1-12-7-13(2)16-9-15(19(23)22-18(16)8-12)11-21-10-14-5-3-4-6-17(14)20/h3-9,21H,10-11H2,1-2H3,(H,22,23). The maximum atomic E-state index is 12.2. The first kappa shape index (κ1) is 15.8. The fourth-order valence-electron chi connectivity index (χ4n) is 2.82. The third-order valence-corrected chi connectivity index (χ3v) is 4.35. The molecular weight excluding hydrogens is 308 g/mol. The minimum Gasteiger partial charge on any atom is -0.322 e. The lowest BCUT2D eigenvalue weighted by Gasteiger charge is -2.09. The Kier molecular flexibility index (Phi) is 4.51. The molecular formula is C19H19ClN2O. The number of H-pyrrole nitrogens is 1. The van der Waals surface area contributed by atoms with Gasteiger partial charge < -0.3 is 10.3 Å². The maximum absolute atomic E-state index is 12.2. The molecule has 3 rings (SSSR count). The van der Waals surface area contributed by atoms with Crippen molar-refractivity contribution in [2.75, 3.05) is 0 Å². The molecule has 3 aromatic rings. The van der Waals surface area contributed by atoms with E-state index in [2.05, 4.69) is 23.3 Å². The predicted molar refractivity (Wildman–Crippen MR) is 96.0 cm³/mol. The van der Waals surface area contributed by atoms with Crippen LogP contribution < -0.4 is 10.9 Å². The molecule has 2 N–H and O–H groups in total. The van der Waals surface area contributed by atoms with E-state index in [0.29, 0.717) is 13.1 Å². The van der Waals surface area contributed by atoms with Crippen molar-refractivity contribution in [2.24, 2.45) is 0 Å². The summed E-state index contributed by atoms with van der Waals surface area (Å²) in [6, 6.07) is 13.8. The number of aromatic nitrogens is 1. The Hall–Kier alpha value is -2.10. The van der Waals surface area contributed by atoms with Gasteiger partial charge in [0.25, 0.3) is 5.56 Å². The number of hydrogen-bond donors (Lipinski definition) is 2. The molecule has 1 aromatic heterocycles. The van der Waals surface area contributed by atoms with Gasteiger partial charge in [-0.05, 0) is 48.7 Å². The van der Waals surface area contributed by atoms with Crippen molar-refractivity contribution in [2.45, 2.75) is 26.9 Å².